The lowest BCUT2D eigenvalue weighted by atomic mass is 10.1. The summed E-state index contributed by atoms with van der Waals surface area (Å²) in [6.07, 6.45) is 0. The van der Waals surface area contributed by atoms with Crippen LogP contribution in [0.4, 0.5) is 4.39 Å². The standard InChI is InChI=1S/C22H16FNO2/c23-19-9-10-20-18(12-19)13-21(16-6-2-1-3-7-16)24(20)14-15-5-4-8-17(11-15)22(25)26/h1-13H,14H2,(H,25,26). The van der Waals surface area contributed by atoms with Crippen LogP contribution in [0.5, 0.6) is 0 Å². The maximum absolute atomic E-state index is 13.7. The number of benzene rings is 3. The fourth-order valence-electron chi connectivity index (χ4n) is 3.25. The van der Waals surface area contributed by atoms with Crippen LogP contribution >= 0.6 is 0 Å². The molecular formula is C22H16FNO2. The summed E-state index contributed by atoms with van der Waals surface area (Å²) in [5.74, 6) is -1.23. The van der Waals surface area contributed by atoms with Gasteiger partial charge in [0, 0.05) is 23.1 Å². The van der Waals surface area contributed by atoms with Crippen molar-refractivity contribution in [3.63, 3.8) is 0 Å². The summed E-state index contributed by atoms with van der Waals surface area (Å²) in [6, 6.07) is 23.5. The van der Waals surface area contributed by atoms with E-state index in [1.165, 1.54) is 12.1 Å². The fraction of sp³-hybridized carbons (Fsp3) is 0.0455. The molecule has 0 spiro atoms. The van der Waals surface area contributed by atoms with Crippen molar-refractivity contribution in [1.82, 2.24) is 4.57 Å². The molecule has 0 aliphatic rings. The van der Waals surface area contributed by atoms with Crippen LogP contribution in [0.15, 0.2) is 78.9 Å². The number of nitrogens with zero attached hydrogens (tertiary/aromatic N) is 1. The molecule has 0 unspecified atom stereocenters. The first kappa shape index (κ1) is 16.1. The van der Waals surface area contributed by atoms with Crippen LogP contribution < -0.4 is 0 Å². The van der Waals surface area contributed by atoms with E-state index in [-0.39, 0.29) is 11.4 Å². The first-order valence-electron chi connectivity index (χ1n) is 8.28. The molecule has 0 bridgehead atoms. The highest BCUT2D eigenvalue weighted by atomic mass is 19.1. The molecule has 3 nitrogen and oxygen atoms in total. The summed E-state index contributed by atoms with van der Waals surface area (Å²) in [4.78, 5) is 11.2. The van der Waals surface area contributed by atoms with Crippen LogP contribution in [0.1, 0.15) is 15.9 Å². The molecule has 128 valence electrons. The van der Waals surface area contributed by atoms with Gasteiger partial charge in [0.25, 0.3) is 0 Å². The Hall–Kier alpha value is -3.40. The van der Waals surface area contributed by atoms with E-state index in [2.05, 4.69) is 4.57 Å². The Morgan fingerprint density at radius 2 is 1.73 bits per heavy atom. The van der Waals surface area contributed by atoms with E-state index in [1.807, 2.05) is 42.5 Å². The molecule has 0 fully saturated rings. The number of fused-ring (bicyclic) bond motifs is 1. The summed E-state index contributed by atoms with van der Waals surface area (Å²) < 4.78 is 15.8. The average Bonchev–Trinajstić information content (AvgIpc) is 3.00. The minimum atomic E-state index is -0.949. The number of hydrogen-bond acceptors (Lipinski definition) is 1. The smallest absolute Gasteiger partial charge is 0.335 e. The Kier molecular flexibility index (Phi) is 4.01. The van der Waals surface area contributed by atoms with E-state index in [0.717, 1.165) is 27.7 Å². The molecule has 4 rings (SSSR count). The minimum Gasteiger partial charge on any atom is -0.478 e. The Morgan fingerprint density at radius 1 is 0.923 bits per heavy atom. The SMILES string of the molecule is O=C(O)c1cccc(Cn2c(-c3ccccc3)cc3cc(F)ccc32)c1. The van der Waals surface area contributed by atoms with Gasteiger partial charge in [0.2, 0.25) is 0 Å². The van der Waals surface area contributed by atoms with Crippen molar-refractivity contribution in [2.24, 2.45) is 0 Å². The number of aromatic carboxylic acids is 1. The normalized spacial score (nSPS) is 11.0. The second-order valence-electron chi connectivity index (χ2n) is 6.19. The molecule has 4 aromatic rings. The van der Waals surface area contributed by atoms with Crippen molar-refractivity contribution in [2.75, 3.05) is 0 Å². The molecule has 0 aliphatic heterocycles. The van der Waals surface area contributed by atoms with E-state index >= 15 is 0 Å². The summed E-state index contributed by atoms with van der Waals surface area (Å²) in [5.41, 5.74) is 4.03. The van der Waals surface area contributed by atoms with Crippen LogP contribution in [0.3, 0.4) is 0 Å². The fourth-order valence-corrected chi connectivity index (χ4v) is 3.25. The Balaban J connectivity index is 1.87. The highest BCUT2D eigenvalue weighted by Crippen LogP contribution is 2.29. The Labute approximate surface area is 149 Å². The van der Waals surface area contributed by atoms with Crippen molar-refractivity contribution in [3.05, 3.63) is 95.8 Å². The number of carboxylic acids is 1. The van der Waals surface area contributed by atoms with E-state index in [1.54, 1.807) is 24.3 Å². The third-order valence-electron chi connectivity index (χ3n) is 4.45. The van der Waals surface area contributed by atoms with Crippen molar-refractivity contribution < 1.29 is 14.3 Å². The van der Waals surface area contributed by atoms with Crippen LogP contribution in [-0.4, -0.2) is 15.6 Å². The number of halogens is 1. The van der Waals surface area contributed by atoms with Crippen molar-refractivity contribution >= 4 is 16.9 Å². The monoisotopic (exact) mass is 345 g/mol. The topological polar surface area (TPSA) is 42.2 Å². The molecule has 1 N–H and O–H groups in total. The molecule has 0 saturated carbocycles. The number of carbonyl (C=O) groups is 1. The van der Waals surface area contributed by atoms with E-state index in [0.29, 0.717) is 6.54 Å². The molecule has 1 heterocycles. The van der Waals surface area contributed by atoms with Gasteiger partial charge in [-0.1, -0.05) is 42.5 Å². The highest BCUT2D eigenvalue weighted by molar-refractivity contribution is 5.88. The highest BCUT2D eigenvalue weighted by Gasteiger charge is 2.12. The van der Waals surface area contributed by atoms with Crippen LogP contribution in [-0.2, 0) is 6.54 Å². The minimum absolute atomic E-state index is 0.256. The summed E-state index contributed by atoms with van der Waals surface area (Å²) in [6.45, 7) is 0.500. The van der Waals surface area contributed by atoms with Crippen LogP contribution in [0, 0.1) is 5.82 Å². The van der Waals surface area contributed by atoms with Crippen LogP contribution in [0.25, 0.3) is 22.2 Å². The molecule has 1 aromatic heterocycles. The maximum Gasteiger partial charge on any atom is 0.335 e. The van der Waals surface area contributed by atoms with Gasteiger partial charge >= 0.3 is 5.97 Å². The second-order valence-corrected chi connectivity index (χ2v) is 6.19. The zero-order valence-corrected chi connectivity index (χ0v) is 13.9. The van der Waals surface area contributed by atoms with Gasteiger partial charge in [0.1, 0.15) is 5.82 Å². The second kappa shape index (κ2) is 6.48. The number of carboxylic acid groups (broad SMARTS) is 1. The number of rotatable bonds is 4. The third kappa shape index (κ3) is 2.97. The molecule has 3 aromatic carbocycles. The third-order valence-corrected chi connectivity index (χ3v) is 4.45. The number of aromatic nitrogens is 1. The van der Waals surface area contributed by atoms with Gasteiger partial charge < -0.3 is 9.67 Å². The lowest BCUT2D eigenvalue weighted by molar-refractivity contribution is 0.0696. The lowest BCUT2D eigenvalue weighted by Crippen LogP contribution is -2.04. The number of hydrogen-bond donors (Lipinski definition) is 1. The largest absolute Gasteiger partial charge is 0.478 e. The first-order valence-corrected chi connectivity index (χ1v) is 8.28. The van der Waals surface area contributed by atoms with E-state index < -0.39 is 5.97 Å². The Morgan fingerprint density at radius 3 is 2.50 bits per heavy atom. The lowest BCUT2D eigenvalue weighted by Gasteiger charge is -2.12. The molecule has 26 heavy (non-hydrogen) atoms. The molecule has 0 aliphatic carbocycles. The molecule has 0 atom stereocenters. The predicted molar refractivity (Wildman–Crippen MR) is 99.8 cm³/mol. The van der Waals surface area contributed by atoms with Gasteiger partial charge in [-0.25, -0.2) is 9.18 Å². The molecule has 0 saturated heterocycles. The molecule has 4 heteroatoms. The van der Waals surface area contributed by atoms with E-state index in [4.69, 9.17) is 0 Å². The summed E-state index contributed by atoms with van der Waals surface area (Å²) >= 11 is 0. The molecule has 0 radical (unpaired) electrons. The Bertz CT molecular complexity index is 1100. The molecular weight excluding hydrogens is 329 g/mol. The van der Waals surface area contributed by atoms with E-state index in [9.17, 15) is 14.3 Å². The quantitative estimate of drug-likeness (QED) is 0.553. The summed E-state index contributed by atoms with van der Waals surface area (Å²) in [7, 11) is 0. The van der Waals surface area contributed by atoms with Crippen molar-refractivity contribution in [3.8, 4) is 11.3 Å². The van der Waals surface area contributed by atoms with Crippen molar-refractivity contribution in [1.29, 1.82) is 0 Å². The van der Waals surface area contributed by atoms with Gasteiger partial charge in [-0.05, 0) is 47.5 Å². The predicted octanol–water partition coefficient (Wildman–Crippen LogP) is 5.19. The van der Waals surface area contributed by atoms with Gasteiger partial charge in [0.15, 0.2) is 0 Å². The molecule has 0 amide bonds. The van der Waals surface area contributed by atoms with Gasteiger partial charge in [0.05, 0.1) is 5.56 Å². The van der Waals surface area contributed by atoms with Crippen LogP contribution in [0.2, 0.25) is 0 Å². The maximum atomic E-state index is 13.7. The van der Waals surface area contributed by atoms with Crippen molar-refractivity contribution in [2.45, 2.75) is 6.54 Å². The van der Waals surface area contributed by atoms with Gasteiger partial charge in [-0.15, -0.1) is 0 Å². The zero-order chi connectivity index (χ0) is 18.1. The van der Waals surface area contributed by atoms with Gasteiger partial charge in [-0.3, -0.25) is 0 Å². The zero-order valence-electron chi connectivity index (χ0n) is 13.9. The average molecular weight is 345 g/mol. The first-order chi connectivity index (χ1) is 12.6. The summed E-state index contributed by atoms with van der Waals surface area (Å²) in [5, 5.41) is 10.0. The van der Waals surface area contributed by atoms with Gasteiger partial charge in [-0.2, -0.15) is 0 Å².